The molecule has 0 bridgehead atoms. The molecule has 1 saturated heterocycles. The Hall–Kier alpha value is -2.09. The van der Waals surface area contributed by atoms with Gasteiger partial charge in [-0.3, -0.25) is 14.3 Å². The Balaban J connectivity index is 2.23. The molecule has 0 aromatic heterocycles. The number of nitrogens with one attached hydrogen (secondary N) is 1. The number of carboxylic acid groups (broad SMARTS) is 1. The van der Waals surface area contributed by atoms with Crippen LogP contribution in [0.4, 0.5) is 11.4 Å². The largest absolute Gasteiger partial charge is 0.481 e. The third-order valence-corrected chi connectivity index (χ3v) is 3.54. The normalized spacial score (nSPS) is 19.1. The molecule has 0 radical (unpaired) electrons. The molecular weight excluding hydrogens is 284 g/mol. The highest BCUT2D eigenvalue weighted by molar-refractivity contribution is 7.92. The lowest BCUT2D eigenvalue weighted by molar-refractivity contribution is -0.141. The zero-order valence-corrected chi connectivity index (χ0v) is 11.6. The molecule has 1 unspecified atom stereocenters. The summed E-state index contributed by atoms with van der Waals surface area (Å²) in [6.45, 7) is 0.0937. The summed E-state index contributed by atoms with van der Waals surface area (Å²) in [5.74, 6) is -2.02. The van der Waals surface area contributed by atoms with Gasteiger partial charge >= 0.3 is 5.97 Å². The number of anilines is 2. The molecule has 2 rings (SSSR count). The maximum absolute atomic E-state index is 11.8. The van der Waals surface area contributed by atoms with Crippen molar-refractivity contribution in [2.75, 3.05) is 22.4 Å². The van der Waals surface area contributed by atoms with Crippen LogP contribution in [0.25, 0.3) is 0 Å². The number of aliphatic carboxylic acids is 1. The predicted octanol–water partition coefficient (Wildman–Crippen LogP) is 0.496. The van der Waals surface area contributed by atoms with Crippen molar-refractivity contribution in [3.8, 4) is 0 Å². The molecule has 1 fully saturated rings. The third-order valence-electron chi connectivity index (χ3n) is 2.94. The molecule has 1 heterocycles. The second-order valence-electron chi connectivity index (χ2n) is 4.67. The summed E-state index contributed by atoms with van der Waals surface area (Å²) in [7, 11) is -3.40. The van der Waals surface area contributed by atoms with Gasteiger partial charge in [-0.1, -0.05) is 6.07 Å². The Labute approximate surface area is 116 Å². The quantitative estimate of drug-likeness (QED) is 0.842. The maximum Gasteiger partial charge on any atom is 0.308 e. The van der Waals surface area contributed by atoms with Crippen molar-refractivity contribution in [2.24, 2.45) is 5.92 Å². The molecule has 108 valence electrons. The van der Waals surface area contributed by atoms with E-state index in [0.29, 0.717) is 11.4 Å². The van der Waals surface area contributed by atoms with E-state index >= 15 is 0 Å². The van der Waals surface area contributed by atoms with E-state index in [1.165, 1.54) is 11.0 Å². The molecular formula is C12H14N2O5S. The zero-order chi connectivity index (χ0) is 14.9. The lowest BCUT2D eigenvalue weighted by Gasteiger charge is -2.17. The van der Waals surface area contributed by atoms with Gasteiger partial charge in [0.1, 0.15) is 0 Å². The molecule has 8 heteroatoms. The number of hydrogen-bond donors (Lipinski definition) is 2. The standard InChI is InChI=1S/C12H14N2O5S/c1-20(18,19)13-9-3-2-4-10(6-9)14-7-8(12(16)17)5-11(14)15/h2-4,6,8,13H,5,7H2,1H3,(H,16,17). The van der Waals surface area contributed by atoms with Gasteiger partial charge in [-0.15, -0.1) is 0 Å². The van der Waals surface area contributed by atoms with Gasteiger partial charge in [0.15, 0.2) is 0 Å². The van der Waals surface area contributed by atoms with E-state index in [2.05, 4.69) is 4.72 Å². The van der Waals surface area contributed by atoms with Crippen LogP contribution in [0.5, 0.6) is 0 Å². The minimum Gasteiger partial charge on any atom is -0.481 e. The number of amides is 1. The minimum absolute atomic E-state index is 0.0426. The summed E-state index contributed by atoms with van der Waals surface area (Å²) in [5, 5.41) is 8.93. The van der Waals surface area contributed by atoms with Crippen molar-refractivity contribution < 1.29 is 23.1 Å². The Bertz CT molecular complexity index is 656. The van der Waals surface area contributed by atoms with Crippen molar-refractivity contribution in [1.82, 2.24) is 0 Å². The number of hydrogen-bond acceptors (Lipinski definition) is 4. The minimum atomic E-state index is -3.40. The predicted molar refractivity (Wildman–Crippen MR) is 73.0 cm³/mol. The molecule has 1 aromatic rings. The molecule has 1 aliphatic rings. The third kappa shape index (κ3) is 3.27. The molecule has 7 nitrogen and oxygen atoms in total. The van der Waals surface area contributed by atoms with Gasteiger partial charge in [0.2, 0.25) is 15.9 Å². The number of carbonyl (C=O) groups excluding carboxylic acids is 1. The first-order valence-electron chi connectivity index (χ1n) is 5.87. The lowest BCUT2D eigenvalue weighted by Crippen LogP contribution is -2.25. The summed E-state index contributed by atoms with van der Waals surface area (Å²) < 4.78 is 24.7. The molecule has 0 spiro atoms. The second kappa shape index (κ2) is 5.12. The fourth-order valence-corrected chi connectivity index (χ4v) is 2.63. The smallest absolute Gasteiger partial charge is 0.308 e. The highest BCUT2D eigenvalue weighted by atomic mass is 32.2. The number of benzene rings is 1. The average Bonchev–Trinajstić information content (AvgIpc) is 2.69. The highest BCUT2D eigenvalue weighted by Gasteiger charge is 2.35. The summed E-state index contributed by atoms with van der Waals surface area (Å²) in [6, 6.07) is 6.29. The van der Waals surface area contributed by atoms with Gasteiger partial charge < -0.3 is 10.0 Å². The molecule has 1 amide bonds. The monoisotopic (exact) mass is 298 g/mol. The van der Waals surface area contributed by atoms with Crippen LogP contribution in [0.15, 0.2) is 24.3 Å². The molecule has 0 saturated carbocycles. The van der Waals surface area contributed by atoms with Gasteiger partial charge in [0, 0.05) is 18.7 Å². The number of rotatable bonds is 4. The zero-order valence-electron chi connectivity index (χ0n) is 10.7. The first-order valence-corrected chi connectivity index (χ1v) is 7.76. The van der Waals surface area contributed by atoms with Crippen LogP contribution >= 0.6 is 0 Å². The van der Waals surface area contributed by atoms with Crippen molar-refractivity contribution in [3.63, 3.8) is 0 Å². The summed E-state index contributed by atoms with van der Waals surface area (Å²) in [6.07, 6.45) is 0.986. The molecule has 1 atom stereocenters. The Kier molecular flexibility index (Phi) is 3.67. The van der Waals surface area contributed by atoms with Crippen LogP contribution in [0.3, 0.4) is 0 Å². The van der Waals surface area contributed by atoms with Crippen LogP contribution < -0.4 is 9.62 Å². The van der Waals surface area contributed by atoms with Crippen molar-refractivity contribution in [2.45, 2.75) is 6.42 Å². The molecule has 1 aliphatic heterocycles. The van der Waals surface area contributed by atoms with Crippen molar-refractivity contribution >= 4 is 33.3 Å². The van der Waals surface area contributed by atoms with Crippen LogP contribution in [-0.4, -0.2) is 38.2 Å². The van der Waals surface area contributed by atoms with Gasteiger partial charge in [0.05, 0.1) is 17.9 Å². The van der Waals surface area contributed by atoms with Crippen LogP contribution in [-0.2, 0) is 19.6 Å². The van der Waals surface area contributed by atoms with Crippen LogP contribution in [0.2, 0.25) is 0 Å². The molecule has 20 heavy (non-hydrogen) atoms. The number of carbonyl (C=O) groups is 2. The van der Waals surface area contributed by atoms with Gasteiger partial charge in [-0.25, -0.2) is 8.42 Å². The number of sulfonamides is 1. The lowest BCUT2D eigenvalue weighted by atomic mass is 10.1. The first kappa shape index (κ1) is 14.3. The van der Waals surface area contributed by atoms with Crippen LogP contribution in [0.1, 0.15) is 6.42 Å². The van der Waals surface area contributed by atoms with Gasteiger partial charge in [-0.05, 0) is 18.2 Å². The van der Waals surface area contributed by atoms with Crippen molar-refractivity contribution in [1.29, 1.82) is 0 Å². The molecule has 2 N–H and O–H groups in total. The maximum atomic E-state index is 11.8. The topological polar surface area (TPSA) is 104 Å². The van der Waals surface area contributed by atoms with E-state index in [1.54, 1.807) is 18.2 Å². The van der Waals surface area contributed by atoms with Crippen LogP contribution in [0, 0.1) is 5.92 Å². The van der Waals surface area contributed by atoms with E-state index in [1.807, 2.05) is 0 Å². The Morgan fingerprint density at radius 2 is 2.15 bits per heavy atom. The second-order valence-corrected chi connectivity index (χ2v) is 6.42. The fraction of sp³-hybridized carbons (Fsp3) is 0.333. The number of carboxylic acids is 1. The summed E-state index contributed by atoms with van der Waals surface area (Å²) in [5.41, 5.74) is 0.809. The summed E-state index contributed by atoms with van der Waals surface area (Å²) >= 11 is 0. The van der Waals surface area contributed by atoms with E-state index in [4.69, 9.17) is 5.11 Å². The van der Waals surface area contributed by atoms with E-state index in [0.717, 1.165) is 6.26 Å². The Morgan fingerprint density at radius 3 is 2.70 bits per heavy atom. The summed E-state index contributed by atoms with van der Waals surface area (Å²) in [4.78, 5) is 24.1. The van der Waals surface area contributed by atoms with E-state index in [-0.39, 0.29) is 18.9 Å². The van der Waals surface area contributed by atoms with E-state index in [9.17, 15) is 18.0 Å². The van der Waals surface area contributed by atoms with Gasteiger partial charge in [0.25, 0.3) is 0 Å². The first-order chi connectivity index (χ1) is 9.26. The van der Waals surface area contributed by atoms with Crippen molar-refractivity contribution in [3.05, 3.63) is 24.3 Å². The van der Waals surface area contributed by atoms with E-state index < -0.39 is 21.9 Å². The average molecular weight is 298 g/mol. The highest BCUT2D eigenvalue weighted by Crippen LogP contribution is 2.27. The molecule has 1 aromatic carbocycles. The fourth-order valence-electron chi connectivity index (χ4n) is 2.07. The number of nitrogens with zero attached hydrogens (tertiary/aromatic N) is 1. The Morgan fingerprint density at radius 1 is 1.45 bits per heavy atom. The SMILES string of the molecule is CS(=O)(=O)Nc1cccc(N2CC(C(=O)O)CC2=O)c1. The molecule has 0 aliphatic carbocycles. The van der Waals surface area contributed by atoms with Gasteiger partial charge in [-0.2, -0.15) is 0 Å².